The van der Waals surface area contributed by atoms with Crippen LogP contribution in [-0.2, 0) is 0 Å². The van der Waals surface area contributed by atoms with Crippen LogP contribution in [0.5, 0.6) is 0 Å². The molecule has 1 saturated carbocycles. The Kier molecular flexibility index (Phi) is 2.54. The zero-order chi connectivity index (χ0) is 10.1. The fourth-order valence-electron chi connectivity index (χ4n) is 1.59. The lowest BCUT2D eigenvalue weighted by molar-refractivity contribution is 0.112. The van der Waals surface area contributed by atoms with Gasteiger partial charge in [0.25, 0.3) is 0 Å². The molecule has 0 amide bonds. The highest BCUT2D eigenvalue weighted by atomic mass is 32.1. The van der Waals surface area contributed by atoms with Gasteiger partial charge in [0.1, 0.15) is 0 Å². The molecular weight excluding hydrogens is 196 g/mol. The molecule has 4 heteroatoms. The van der Waals surface area contributed by atoms with Gasteiger partial charge in [0, 0.05) is 13.6 Å². The fourth-order valence-corrected chi connectivity index (χ4v) is 2.29. The maximum absolute atomic E-state index is 10.5. The quantitative estimate of drug-likeness (QED) is 0.713. The number of hydrogen-bond acceptors (Lipinski definition) is 4. The molecule has 0 saturated heterocycles. The Labute approximate surface area is 87.8 Å². The largest absolute Gasteiger partial charge is 0.351 e. The lowest BCUT2D eigenvalue weighted by atomic mass is 10.3. The molecule has 14 heavy (non-hydrogen) atoms. The van der Waals surface area contributed by atoms with Gasteiger partial charge in [-0.05, 0) is 18.3 Å². The molecule has 2 rings (SSSR count). The lowest BCUT2D eigenvalue weighted by Gasteiger charge is -2.14. The minimum absolute atomic E-state index is 0.704. The number of hydrogen-bond donors (Lipinski definition) is 0. The van der Waals surface area contributed by atoms with E-state index in [1.165, 1.54) is 17.8 Å². The van der Waals surface area contributed by atoms with Gasteiger partial charge in [-0.3, -0.25) is 4.79 Å². The summed E-state index contributed by atoms with van der Waals surface area (Å²) in [5.41, 5.74) is 0. The summed E-state index contributed by atoms with van der Waals surface area (Å²) >= 11 is 1.46. The minimum atomic E-state index is 0.704. The predicted octanol–water partition coefficient (Wildman–Crippen LogP) is 2.05. The molecule has 0 aliphatic heterocycles. The van der Waals surface area contributed by atoms with Crippen LogP contribution < -0.4 is 4.90 Å². The van der Waals surface area contributed by atoms with Crippen LogP contribution in [0.1, 0.15) is 23.0 Å². The van der Waals surface area contributed by atoms with Crippen LogP contribution in [0.4, 0.5) is 5.13 Å². The second kappa shape index (κ2) is 3.69. The highest BCUT2D eigenvalue weighted by molar-refractivity contribution is 7.17. The van der Waals surface area contributed by atoms with Crippen LogP contribution in [0.2, 0.25) is 0 Å². The smallest absolute Gasteiger partial charge is 0.185 e. The third-order valence-corrected chi connectivity index (χ3v) is 3.78. The molecule has 1 heterocycles. The zero-order valence-electron chi connectivity index (χ0n) is 8.43. The van der Waals surface area contributed by atoms with Crippen molar-refractivity contribution in [3.05, 3.63) is 11.1 Å². The van der Waals surface area contributed by atoms with Gasteiger partial charge in [0.05, 0.1) is 11.1 Å². The molecule has 0 aromatic carbocycles. The molecular formula is C10H14N2OS. The van der Waals surface area contributed by atoms with E-state index in [1.807, 2.05) is 7.05 Å². The van der Waals surface area contributed by atoms with Gasteiger partial charge < -0.3 is 4.90 Å². The van der Waals surface area contributed by atoms with Crippen LogP contribution >= 0.6 is 11.3 Å². The van der Waals surface area contributed by atoms with E-state index >= 15 is 0 Å². The SMILES string of the molecule is CC1CC1CN(C)c1ncc(C=O)s1. The average molecular weight is 210 g/mol. The van der Waals surface area contributed by atoms with Crippen LogP contribution in [0.25, 0.3) is 0 Å². The molecule has 0 spiro atoms. The first-order valence-corrected chi connectivity index (χ1v) is 5.64. The Morgan fingerprint density at radius 3 is 3.00 bits per heavy atom. The third-order valence-electron chi connectivity index (χ3n) is 2.74. The van der Waals surface area contributed by atoms with Gasteiger partial charge in [-0.2, -0.15) is 0 Å². The molecule has 0 N–H and O–H groups in total. The number of aromatic nitrogens is 1. The Morgan fingerprint density at radius 2 is 2.50 bits per heavy atom. The monoisotopic (exact) mass is 210 g/mol. The predicted molar refractivity (Wildman–Crippen MR) is 58.0 cm³/mol. The van der Waals surface area contributed by atoms with Crippen molar-refractivity contribution < 1.29 is 4.79 Å². The summed E-state index contributed by atoms with van der Waals surface area (Å²) in [6, 6.07) is 0. The van der Waals surface area contributed by atoms with E-state index < -0.39 is 0 Å². The van der Waals surface area contributed by atoms with E-state index in [0.717, 1.165) is 29.8 Å². The number of thiazole rings is 1. The first kappa shape index (κ1) is 9.65. The highest BCUT2D eigenvalue weighted by Gasteiger charge is 2.33. The number of carbonyl (C=O) groups excluding carboxylic acids is 1. The number of anilines is 1. The van der Waals surface area contributed by atoms with Gasteiger partial charge in [0.2, 0.25) is 0 Å². The molecule has 1 fully saturated rings. The minimum Gasteiger partial charge on any atom is -0.351 e. The van der Waals surface area contributed by atoms with Crippen LogP contribution in [0.3, 0.4) is 0 Å². The summed E-state index contributed by atoms with van der Waals surface area (Å²) in [6.07, 6.45) is 3.82. The van der Waals surface area contributed by atoms with E-state index in [1.54, 1.807) is 6.20 Å². The molecule has 3 nitrogen and oxygen atoms in total. The van der Waals surface area contributed by atoms with Crippen molar-refractivity contribution in [2.75, 3.05) is 18.5 Å². The molecule has 0 bridgehead atoms. The van der Waals surface area contributed by atoms with E-state index in [-0.39, 0.29) is 0 Å². The Morgan fingerprint density at radius 1 is 1.79 bits per heavy atom. The third kappa shape index (κ3) is 1.95. The number of aldehydes is 1. The molecule has 1 aromatic rings. The second-order valence-electron chi connectivity index (χ2n) is 4.02. The second-order valence-corrected chi connectivity index (χ2v) is 5.06. The summed E-state index contributed by atoms with van der Waals surface area (Å²) in [5.74, 6) is 1.69. The van der Waals surface area contributed by atoms with Gasteiger partial charge in [-0.15, -0.1) is 0 Å². The highest BCUT2D eigenvalue weighted by Crippen LogP contribution is 2.38. The van der Waals surface area contributed by atoms with Crippen LogP contribution in [0.15, 0.2) is 6.20 Å². The number of nitrogens with zero attached hydrogens (tertiary/aromatic N) is 2. The molecule has 2 atom stereocenters. The first-order valence-electron chi connectivity index (χ1n) is 4.83. The summed E-state index contributed by atoms with van der Waals surface area (Å²) in [4.78, 5) is 17.5. The van der Waals surface area contributed by atoms with Crippen molar-refractivity contribution in [2.24, 2.45) is 11.8 Å². The Hall–Kier alpha value is -0.900. The van der Waals surface area contributed by atoms with Crippen LogP contribution in [-0.4, -0.2) is 24.9 Å². The molecule has 76 valence electrons. The Bertz CT molecular complexity index is 337. The van der Waals surface area contributed by atoms with Gasteiger partial charge >= 0.3 is 0 Å². The fraction of sp³-hybridized carbons (Fsp3) is 0.600. The summed E-state index contributed by atoms with van der Waals surface area (Å²) in [5, 5.41) is 0.950. The van der Waals surface area contributed by atoms with Crippen molar-refractivity contribution in [3.8, 4) is 0 Å². The van der Waals surface area contributed by atoms with Crippen molar-refractivity contribution in [2.45, 2.75) is 13.3 Å². The van der Waals surface area contributed by atoms with Gasteiger partial charge in [0.15, 0.2) is 11.4 Å². The van der Waals surface area contributed by atoms with Crippen LogP contribution in [0, 0.1) is 11.8 Å². The maximum atomic E-state index is 10.5. The number of carbonyl (C=O) groups is 1. The van der Waals surface area contributed by atoms with Crippen molar-refractivity contribution in [3.63, 3.8) is 0 Å². The summed E-state index contributed by atoms with van der Waals surface area (Å²) in [6.45, 7) is 3.34. The van der Waals surface area contributed by atoms with E-state index in [9.17, 15) is 4.79 Å². The molecule has 2 unspecified atom stereocenters. The molecule has 1 aliphatic carbocycles. The van der Waals surface area contributed by atoms with Gasteiger partial charge in [-0.1, -0.05) is 18.3 Å². The molecule has 1 aromatic heterocycles. The van der Waals surface area contributed by atoms with E-state index in [0.29, 0.717) is 4.88 Å². The average Bonchev–Trinajstić information content (AvgIpc) is 2.72. The topological polar surface area (TPSA) is 33.2 Å². The Balaban J connectivity index is 1.96. The van der Waals surface area contributed by atoms with Crippen molar-refractivity contribution >= 4 is 22.8 Å². The van der Waals surface area contributed by atoms with Crippen molar-refractivity contribution in [1.29, 1.82) is 0 Å². The first-order chi connectivity index (χ1) is 6.70. The lowest BCUT2D eigenvalue weighted by Crippen LogP contribution is -2.20. The summed E-state index contributed by atoms with van der Waals surface area (Å²) in [7, 11) is 2.04. The van der Waals surface area contributed by atoms with E-state index in [4.69, 9.17) is 0 Å². The standard InChI is InChI=1S/C10H14N2OS/c1-7-3-8(7)5-12(2)10-11-4-9(6-13)14-10/h4,6-8H,3,5H2,1-2H3. The van der Waals surface area contributed by atoms with Crippen molar-refractivity contribution in [1.82, 2.24) is 4.98 Å². The molecule has 0 radical (unpaired) electrons. The number of rotatable bonds is 4. The maximum Gasteiger partial charge on any atom is 0.185 e. The normalized spacial score (nSPS) is 24.7. The zero-order valence-corrected chi connectivity index (χ0v) is 9.25. The van der Waals surface area contributed by atoms with Gasteiger partial charge in [-0.25, -0.2) is 4.98 Å². The summed E-state index contributed by atoms with van der Waals surface area (Å²) < 4.78 is 0. The van der Waals surface area contributed by atoms with E-state index in [2.05, 4.69) is 16.8 Å². The molecule has 1 aliphatic rings.